The number of ether oxygens (including phenoxy) is 2. The van der Waals surface area contributed by atoms with E-state index < -0.39 is 78.4 Å². The van der Waals surface area contributed by atoms with Crippen molar-refractivity contribution in [2.45, 2.75) is 167 Å². The highest BCUT2D eigenvalue weighted by Crippen LogP contribution is 2.45. The van der Waals surface area contributed by atoms with E-state index in [0.717, 1.165) is 0 Å². The fourth-order valence-electron chi connectivity index (χ4n) is 8.04. The van der Waals surface area contributed by atoms with Crippen molar-refractivity contribution in [1.29, 1.82) is 0 Å². The minimum absolute atomic E-state index is 0.182. The van der Waals surface area contributed by atoms with Gasteiger partial charge in [0.25, 0.3) is 0 Å². The Labute approximate surface area is 292 Å². The maximum absolute atomic E-state index is 12.6. The normalized spacial score (nSPS) is 26.8. The molecule has 2 rings (SSSR count). The molecule has 2 aliphatic rings. The summed E-state index contributed by atoms with van der Waals surface area (Å²) in [6.07, 6.45) is 2.03. The largest absolute Gasteiger partial charge is 0.457 e. The summed E-state index contributed by atoms with van der Waals surface area (Å²) in [5.41, 5.74) is 2.16. The number of aliphatic hydroxyl groups excluding tert-OH is 4. The van der Waals surface area contributed by atoms with Crippen molar-refractivity contribution in [3.8, 4) is 0 Å². The summed E-state index contributed by atoms with van der Waals surface area (Å²) in [4.78, 5) is 25.1. The van der Waals surface area contributed by atoms with Gasteiger partial charge in [0.15, 0.2) is 12.2 Å². The van der Waals surface area contributed by atoms with Crippen LogP contribution in [0.2, 0.25) is 33.2 Å². The van der Waals surface area contributed by atoms with Gasteiger partial charge in [-0.25, -0.2) is 9.59 Å². The lowest BCUT2D eigenvalue weighted by atomic mass is 10.00. The first-order valence-corrected chi connectivity index (χ1v) is 22.1. The Bertz CT molecular complexity index is 932. The van der Waals surface area contributed by atoms with Crippen LogP contribution in [0.4, 0.5) is 0 Å². The number of carbonyl (C=O) groups is 2. The van der Waals surface area contributed by atoms with Gasteiger partial charge in [-0.15, -0.1) is 0 Å². The summed E-state index contributed by atoms with van der Waals surface area (Å²) in [5.74, 6) is -1.32. The molecule has 0 radical (unpaired) electrons. The van der Waals surface area contributed by atoms with E-state index in [9.17, 15) is 19.8 Å². The zero-order valence-corrected chi connectivity index (χ0v) is 34.0. The molecule has 0 bridgehead atoms. The Morgan fingerprint density at radius 1 is 0.562 bits per heavy atom. The molecular formula is C36H68O10Si2. The van der Waals surface area contributed by atoms with Crippen molar-refractivity contribution in [2.75, 3.05) is 13.2 Å². The summed E-state index contributed by atoms with van der Waals surface area (Å²) >= 11 is 0. The Kier molecular flexibility index (Phi) is 17.9. The number of cyclic esters (lactones) is 2. The van der Waals surface area contributed by atoms with Crippen LogP contribution in [-0.4, -0.2) is 98.8 Å². The molecule has 280 valence electrons. The third-order valence-corrected chi connectivity index (χ3v) is 22.5. The number of hydrogen-bond donors (Lipinski definition) is 4. The van der Waals surface area contributed by atoms with Gasteiger partial charge >= 0.3 is 11.9 Å². The zero-order chi connectivity index (χ0) is 37.3. The van der Waals surface area contributed by atoms with E-state index in [1.54, 1.807) is 12.2 Å². The first kappa shape index (κ1) is 44.6. The number of carbonyl (C=O) groups excluding carboxylic acids is 2. The summed E-state index contributed by atoms with van der Waals surface area (Å²) in [6.45, 7) is 28.8. The SMILES string of the molecule is CC(C)[Si](O[C@@H]1C=C[C@H](C)[C@@H]([C@H](O)CO)OC1=O)(C(C)C)C(C)C.CC(C)[Si](O[C@@H]1C=C[C@H](C)[C@@H]([C@H](O)CO)OC1=O)(C(C)C)C(C)C. The topological polar surface area (TPSA) is 152 Å². The molecule has 0 aromatic heterocycles. The quantitative estimate of drug-likeness (QED) is 0.0952. The fraction of sp³-hybridized carbons (Fsp3) is 0.833. The Hall–Kier alpha value is -1.39. The van der Waals surface area contributed by atoms with Gasteiger partial charge < -0.3 is 38.8 Å². The monoisotopic (exact) mass is 716 g/mol. The van der Waals surface area contributed by atoms with E-state index in [1.807, 2.05) is 26.0 Å². The van der Waals surface area contributed by atoms with Gasteiger partial charge in [-0.3, -0.25) is 0 Å². The van der Waals surface area contributed by atoms with Crippen LogP contribution in [0.25, 0.3) is 0 Å². The number of hydrogen-bond acceptors (Lipinski definition) is 10. The predicted molar refractivity (Wildman–Crippen MR) is 194 cm³/mol. The van der Waals surface area contributed by atoms with Gasteiger partial charge in [-0.05, 0) is 45.4 Å². The Morgan fingerprint density at radius 3 is 1.02 bits per heavy atom. The standard InChI is InChI=1S/2C18H34O5Si/c2*1-11(2)24(12(3)4,13(5)6)23-16-9-8-14(7)17(15(20)10-19)22-18(16)21/h2*8-9,11-17,19-20H,10H2,1-7H3/t2*14-,15+,16+,17-/m00/s1. The second-order valence-electron chi connectivity index (χ2n) is 15.5. The number of esters is 2. The van der Waals surface area contributed by atoms with Crippen LogP contribution >= 0.6 is 0 Å². The molecule has 0 saturated heterocycles. The summed E-state index contributed by atoms with van der Waals surface area (Å²) in [6, 6.07) is 0. The van der Waals surface area contributed by atoms with Gasteiger partial charge in [-0.1, -0.05) is 109 Å². The van der Waals surface area contributed by atoms with Crippen molar-refractivity contribution in [2.24, 2.45) is 11.8 Å². The summed E-state index contributed by atoms with van der Waals surface area (Å²) in [7, 11) is -4.45. The first-order valence-electron chi connectivity index (χ1n) is 17.9. The number of aliphatic hydroxyl groups is 4. The molecular weight excluding hydrogens is 649 g/mol. The fourth-order valence-corrected chi connectivity index (χ4v) is 18.9. The third kappa shape index (κ3) is 10.3. The van der Waals surface area contributed by atoms with Crippen molar-refractivity contribution in [3.63, 3.8) is 0 Å². The molecule has 2 aliphatic heterocycles. The molecule has 2 heterocycles. The number of rotatable bonds is 14. The zero-order valence-electron chi connectivity index (χ0n) is 32.0. The van der Waals surface area contributed by atoms with E-state index in [1.165, 1.54) is 0 Å². The molecule has 8 atom stereocenters. The minimum Gasteiger partial charge on any atom is -0.457 e. The molecule has 0 saturated carbocycles. The molecule has 0 aliphatic carbocycles. The van der Waals surface area contributed by atoms with Crippen molar-refractivity contribution < 1.29 is 48.3 Å². The molecule has 0 unspecified atom stereocenters. The maximum atomic E-state index is 12.6. The van der Waals surface area contributed by atoms with Crippen molar-refractivity contribution in [3.05, 3.63) is 24.3 Å². The smallest absolute Gasteiger partial charge is 0.338 e. The van der Waals surface area contributed by atoms with Gasteiger partial charge in [0.1, 0.15) is 24.4 Å². The molecule has 12 heteroatoms. The van der Waals surface area contributed by atoms with E-state index in [4.69, 9.17) is 28.5 Å². The maximum Gasteiger partial charge on any atom is 0.338 e. The third-order valence-electron chi connectivity index (χ3n) is 10.4. The van der Waals surface area contributed by atoms with Crippen LogP contribution in [0.1, 0.15) is 96.9 Å². The highest BCUT2D eigenvalue weighted by atomic mass is 28.4. The van der Waals surface area contributed by atoms with Crippen LogP contribution < -0.4 is 0 Å². The molecule has 0 amide bonds. The Morgan fingerprint density at radius 2 is 0.812 bits per heavy atom. The lowest BCUT2D eigenvalue weighted by Gasteiger charge is -2.43. The second-order valence-corrected chi connectivity index (χ2v) is 26.3. The van der Waals surface area contributed by atoms with E-state index >= 15 is 0 Å². The van der Waals surface area contributed by atoms with E-state index in [0.29, 0.717) is 33.2 Å². The van der Waals surface area contributed by atoms with Crippen LogP contribution in [0.15, 0.2) is 24.3 Å². The molecule has 0 aromatic rings. The predicted octanol–water partition coefficient (Wildman–Crippen LogP) is 6.04. The van der Waals surface area contributed by atoms with Crippen LogP contribution in [-0.2, 0) is 27.9 Å². The van der Waals surface area contributed by atoms with Crippen LogP contribution in [0, 0.1) is 11.8 Å². The molecule has 0 aromatic carbocycles. The molecule has 0 spiro atoms. The van der Waals surface area contributed by atoms with E-state index in [-0.39, 0.29) is 11.8 Å². The van der Waals surface area contributed by atoms with Gasteiger partial charge in [0, 0.05) is 11.8 Å². The highest BCUT2D eigenvalue weighted by molar-refractivity contribution is 6.78. The molecule has 48 heavy (non-hydrogen) atoms. The second kappa shape index (κ2) is 19.3. The first-order chi connectivity index (χ1) is 22.1. The lowest BCUT2D eigenvalue weighted by Crippen LogP contribution is -2.51. The molecule has 10 nitrogen and oxygen atoms in total. The Balaban J connectivity index is 0.000000480. The van der Waals surface area contributed by atoms with Gasteiger partial charge in [0.05, 0.1) is 13.2 Å². The summed E-state index contributed by atoms with van der Waals surface area (Å²) in [5, 5.41) is 38.1. The average Bonchev–Trinajstić information content (AvgIpc) is 3.23. The van der Waals surface area contributed by atoms with Crippen LogP contribution in [0.5, 0.6) is 0 Å². The van der Waals surface area contributed by atoms with E-state index in [2.05, 4.69) is 83.1 Å². The van der Waals surface area contributed by atoms with Crippen molar-refractivity contribution >= 4 is 28.6 Å². The molecule has 0 fully saturated rings. The lowest BCUT2D eigenvalue weighted by molar-refractivity contribution is -0.165. The van der Waals surface area contributed by atoms with Crippen molar-refractivity contribution in [1.82, 2.24) is 0 Å². The highest BCUT2D eigenvalue weighted by Gasteiger charge is 2.49. The van der Waals surface area contributed by atoms with Gasteiger partial charge in [0.2, 0.25) is 16.6 Å². The molecule has 4 N–H and O–H groups in total. The minimum atomic E-state index is -2.22. The van der Waals surface area contributed by atoms with Crippen LogP contribution in [0.3, 0.4) is 0 Å². The summed E-state index contributed by atoms with van der Waals surface area (Å²) < 4.78 is 23.9. The average molecular weight is 717 g/mol. The van der Waals surface area contributed by atoms with Gasteiger partial charge in [-0.2, -0.15) is 0 Å².